The maximum atomic E-state index is 12.2. The van der Waals surface area contributed by atoms with Crippen LogP contribution in [0.3, 0.4) is 0 Å². The van der Waals surface area contributed by atoms with E-state index in [1.165, 1.54) is 17.3 Å². The van der Waals surface area contributed by atoms with Gasteiger partial charge in [-0.1, -0.05) is 43.0 Å². The lowest BCUT2D eigenvalue weighted by Crippen LogP contribution is -2.27. The standard InChI is InChI=1S/C17H19BrN2OS/c1-3-13-4-6-14(7-5-13)11-20(2)17(21)12-22-16-9-8-15(18)10-19-16/h4-10H,3,11-12H2,1-2H3. The minimum atomic E-state index is 0.106. The predicted octanol–water partition coefficient (Wildman–Crippen LogP) is 4.16. The second kappa shape index (κ2) is 8.34. The van der Waals surface area contributed by atoms with E-state index in [0.29, 0.717) is 12.3 Å². The molecule has 1 aromatic heterocycles. The Labute approximate surface area is 144 Å². The fourth-order valence-electron chi connectivity index (χ4n) is 1.94. The Kier molecular flexibility index (Phi) is 6.46. The minimum absolute atomic E-state index is 0.106. The number of benzene rings is 1. The van der Waals surface area contributed by atoms with Crippen LogP contribution < -0.4 is 0 Å². The summed E-state index contributed by atoms with van der Waals surface area (Å²) in [6.45, 7) is 2.77. The number of hydrogen-bond donors (Lipinski definition) is 0. The Morgan fingerprint density at radius 3 is 2.45 bits per heavy atom. The molecule has 0 atom stereocenters. The molecule has 5 heteroatoms. The molecule has 1 heterocycles. The van der Waals surface area contributed by atoms with Crippen molar-refractivity contribution < 1.29 is 4.79 Å². The molecule has 0 saturated carbocycles. The maximum absolute atomic E-state index is 12.2. The van der Waals surface area contributed by atoms with Crippen molar-refractivity contribution in [3.63, 3.8) is 0 Å². The monoisotopic (exact) mass is 378 g/mol. The van der Waals surface area contributed by atoms with E-state index < -0.39 is 0 Å². The van der Waals surface area contributed by atoms with Crippen LogP contribution in [-0.2, 0) is 17.8 Å². The van der Waals surface area contributed by atoms with Crippen molar-refractivity contribution in [1.29, 1.82) is 0 Å². The third-order valence-electron chi connectivity index (χ3n) is 3.32. The molecule has 116 valence electrons. The number of thioether (sulfide) groups is 1. The normalized spacial score (nSPS) is 10.5. The molecule has 0 aliphatic heterocycles. The number of nitrogens with zero attached hydrogens (tertiary/aromatic N) is 2. The molecule has 0 bridgehead atoms. The molecule has 0 unspecified atom stereocenters. The van der Waals surface area contributed by atoms with Crippen LogP contribution in [0, 0.1) is 0 Å². The van der Waals surface area contributed by atoms with Crippen molar-refractivity contribution in [3.05, 3.63) is 58.2 Å². The molecular weight excluding hydrogens is 360 g/mol. The Morgan fingerprint density at radius 2 is 1.86 bits per heavy atom. The molecule has 0 radical (unpaired) electrons. The van der Waals surface area contributed by atoms with Crippen LogP contribution in [0.1, 0.15) is 18.1 Å². The van der Waals surface area contributed by atoms with Gasteiger partial charge in [-0.2, -0.15) is 0 Å². The molecule has 0 spiro atoms. The van der Waals surface area contributed by atoms with E-state index in [-0.39, 0.29) is 5.91 Å². The fourth-order valence-corrected chi connectivity index (χ4v) is 2.95. The molecule has 22 heavy (non-hydrogen) atoms. The van der Waals surface area contributed by atoms with Gasteiger partial charge >= 0.3 is 0 Å². The van der Waals surface area contributed by atoms with Crippen LogP contribution in [0.5, 0.6) is 0 Å². The number of carbonyl (C=O) groups is 1. The number of hydrogen-bond acceptors (Lipinski definition) is 3. The first kappa shape index (κ1) is 17.0. The van der Waals surface area contributed by atoms with Crippen molar-refractivity contribution in [2.45, 2.75) is 24.9 Å². The number of rotatable bonds is 6. The van der Waals surface area contributed by atoms with Gasteiger partial charge < -0.3 is 4.90 Å². The summed E-state index contributed by atoms with van der Waals surface area (Å²) < 4.78 is 0.941. The lowest BCUT2D eigenvalue weighted by Gasteiger charge is -2.17. The smallest absolute Gasteiger partial charge is 0.233 e. The zero-order chi connectivity index (χ0) is 15.9. The summed E-state index contributed by atoms with van der Waals surface area (Å²) in [5.74, 6) is 0.507. The van der Waals surface area contributed by atoms with Gasteiger partial charge in [-0.05, 0) is 45.6 Å². The van der Waals surface area contributed by atoms with E-state index in [0.717, 1.165) is 21.5 Å². The molecule has 0 fully saturated rings. The Morgan fingerprint density at radius 1 is 1.18 bits per heavy atom. The second-order valence-electron chi connectivity index (χ2n) is 5.02. The van der Waals surface area contributed by atoms with Crippen LogP contribution in [0.25, 0.3) is 0 Å². The summed E-state index contributed by atoms with van der Waals surface area (Å²) in [6, 6.07) is 12.3. The van der Waals surface area contributed by atoms with Gasteiger partial charge in [0.25, 0.3) is 0 Å². The number of aryl methyl sites for hydroxylation is 1. The highest BCUT2D eigenvalue weighted by molar-refractivity contribution is 9.10. The largest absolute Gasteiger partial charge is 0.341 e. The first-order valence-electron chi connectivity index (χ1n) is 7.14. The van der Waals surface area contributed by atoms with Gasteiger partial charge in [0, 0.05) is 24.3 Å². The lowest BCUT2D eigenvalue weighted by molar-refractivity contribution is -0.127. The molecule has 2 rings (SSSR count). The Balaban J connectivity index is 1.84. The molecule has 2 aromatic rings. The quantitative estimate of drug-likeness (QED) is 0.707. The van der Waals surface area contributed by atoms with Gasteiger partial charge in [0.1, 0.15) is 0 Å². The lowest BCUT2D eigenvalue weighted by atomic mass is 10.1. The van der Waals surface area contributed by atoms with Crippen molar-refractivity contribution in [3.8, 4) is 0 Å². The van der Waals surface area contributed by atoms with Gasteiger partial charge in [-0.3, -0.25) is 4.79 Å². The molecule has 0 saturated heterocycles. The molecule has 0 aliphatic carbocycles. The molecule has 1 amide bonds. The Bertz CT molecular complexity index is 614. The number of aromatic nitrogens is 1. The second-order valence-corrected chi connectivity index (χ2v) is 6.93. The maximum Gasteiger partial charge on any atom is 0.233 e. The summed E-state index contributed by atoms with van der Waals surface area (Å²) >= 11 is 4.81. The van der Waals surface area contributed by atoms with Crippen LogP contribution in [-0.4, -0.2) is 28.6 Å². The van der Waals surface area contributed by atoms with Crippen molar-refractivity contribution in [2.75, 3.05) is 12.8 Å². The minimum Gasteiger partial charge on any atom is -0.341 e. The van der Waals surface area contributed by atoms with E-state index >= 15 is 0 Å². The van der Waals surface area contributed by atoms with Crippen LogP contribution in [0.15, 0.2) is 52.1 Å². The highest BCUT2D eigenvalue weighted by Crippen LogP contribution is 2.18. The number of halogens is 1. The van der Waals surface area contributed by atoms with Gasteiger partial charge in [0.2, 0.25) is 5.91 Å². The van der Waals surface area contributed by atoms with E-state index in [4.69, 9.17) is 0 Å². The van der Waals surface area contributed by atoms with Gasteiger partial charge in [-0.25, -0.2) is 4.98 Å². The van der Waals surface area contributed by atoms with E-state index in [1.54, 1.807) is 11.1 Å². The van der Waals surface area contributed by atoms with Gasteiger partial charge in [0.05, 0.1) is 10.8 Å². The average Bonchev–Trinajstić information content (AvgIpc) is 2.54. The molecule has 3 nitrogen and oxygen atoms in total. The van der Waals surface area contributed by atoms with Crippen molar-refractivity contribution in [2.24, 2.45) is 0 Å². The Hall–Kier alpha value is -1.33. The number of amides is 1. The highest BCUT2D eigenvalue weighted by atomic mass is 79.9. The third-order valence-corrected chi connectivity index (χ3v) is 4.72. The summed E-state index contributed by atoms with van der Waals surface area (Å²) in [4.78, 5) is 18.2. The predicted molar refractivity (Wildman–Crippen MR) is 95.0 cm³/mol. The zero-order valence-corrected chi connectivity index (χ0v) is 15.2. The summed E-state index contributed by atoms with van der Waals surface area (Å²) in [7, 11) is 1.84. The van der Waals surface area contributed by atoms with E-state index in [9.17, 15) is 4.79 Å². The SMILES string of the molecule is CCc1ccc(CN(C)C(=O)CSc2ccc(Br)cn2)cc1. The number of pyridine rings is 1. The summed E-state index contributed by atoms with van der Waals surface area (Å²) in [5, 5.41) is 0.859. The highest BCUT2D eigenvalue weighted by Gasteiger charge is 2.10. The van der Waals surface area contributed by atoms with Crippen molar-refractivity contribution >= 4 is 33.6 Å². The molecule has 0 N–H and O–H groups in total. The first-order valence-corrected chi connectivity index (χ1v) is 8.92. The molecule has 0 aliphatic rings. The van der Waals surface area contributed by atoms with E-state index in [1.807, 2.05) is 19.2 Å². The summed E-state index contributed by atoms with van der Waals surface area (Å²) in [5.41, 5.74) is 2.47. The van der Waals surface area contributed by atoms with Gasteiger partial charge in [0.15, 0.2) is 0 Å². The third kappa shape index (κ3) is 5.14. The number of carbonyl (C=O) groups excluding carboxylic acids is 1. The molecular formula is C17H19BrN2OS. The summed E-state index contributed by atoms with van der Waals surface area (Å²) in [6.07, 6.45) is 2.78. The topological polar surface area (TPSA) is 33.2 Å². The average molecular weight is 379 g/mol. The van der Waals surface area contributed by atoms with Crippen molar-refractivity contribution in [1.82, 2.24) is 9.88 Å². The van der Waals surface area contributed by atoms with Crippen LogP contribution in [0.4, 0.5) is 0 Å². The van der Waals surface area contributed by atoms with E-state index in [2.05, 4.69) is 52.1 Å². The van der Waals surface area contributed by atoms with Crippen LogP contribution in [0.2, 0.25) is 0 Å². The zero-order valence-electron chi connectivity index (χ0n) is 12.8. The van der Waals surface area contributed by atoms with Gasteiger partial charge in [-0.15, -0.1) is 0 Å². The van der Waals surface area contributed by atoms with Crippen LogP contribution >= 0.6 is 27.7 Å². The molecule has 1 aromatic carbocycles. The fraction of sp³-hybridized carbons (Fsp3) is 0.294. The first-order chi connectivity index (χ1) is 10.6.